The number of nitrogens with zero attached hydrogens (tertiary/aromatic N) is 1. The first kappa shape index (κ1) is 22.7. The maximum Gasteiger partial charge on any atom is 0.308 e. The smallest absolute Gasteiger partial charge is 0.308 e. The van der Waals surface area contributed by atoms with Gasteiger partial charge in [-0.1, -0.05) is 12.1 Å². The molecule has 1 aliphatic heterocycles. The number of carbonyl (C=O) groups is 3. The number of carbonyl (C=O) groups excluding carboxylic acids is 3. The van der Waals surface area contributed by atoms with E-state index in [-0.39, 0.29) is 23.7 Å². The van der Waals surface area contributed by atoms with Gasteiger partial charge >= 0.3 is 5.97 Å². The van der Waals surface area contributed by atoms with E-state index >= 15 is 0 Å². The van der Waals surface area contributed by atoms with E-state index in [1.165, 1.54) is 45.4 Å². The van der Waals surface area contributed by atoms with Gasteiger partial charge in [-0.3, -0.25) is 19.3 Å². The number of amides is 2. The Hall–Kier alpha value is -2.95. The van der Waals surface area contributed by atoms with Gasteiger partial charge in [-0.15, -0.1) is 0 Å². The molecule has 0 aliphatic carbocycles. The van der Waals surface area contributed by atoms with E-state index < -0.39 is 0 Å². The van der Waals surface area contributed by atoms with E-state index in [0.717, 1.165) is 0 Å². The molecule has 0 saturated heterocycles. The monoisotopic (exact) mass is 421 g/mol. The zero-order chi connectivity index (χ0) is 22.9. The van der Waals surface area contributed by atoms with E-state index in [0.29, 0.717) is 36.9 Å². The third kappa shape index (κ3) is 4.14. The SMILES string of the molecule is COC(=O)C(CCCN1C(=O)c2ccccc2C1=O)Cc1c(C)c(C)c(C)c(C)c1C. The molecule has 2 aromatic rings. The maximum atomic E-state index is 12.6. The van der Waals surface area contributed by atoms with Crippen LogP contribution in [0.15, 0.2) is 24.3 Å². The number of fused-ring (bicyclic) bond motifs is 1. The topological polar surface area (TPSA) is 63.7 Å². The van der Waals surface area contributed by atoms with Gasteiger partial charge in [0.2, 0.25) is 0 Å². The van der Waals surface area contributed by atoms with Crippen LogP contribution in [-0.2, 0) is 16.0 Å². The molecule has 5 heteroatoms. The Morgan fingerprint density at radius 3 is 1.84 bits per heavy atom. The minimum absolute atomic E-state index is 0.253. The fraction of sp³-hybridized carbons (Fsp3) is 0.423. The highest BCUT2D eigenvalue weighted by Gasteiger charge is 2.35. The summed E-state index contributed by atoms with van der Waals surface area (Å²) in [6.07, 6.45) is 1.69. The molecule has 1 heterocycles. The van der Waals surface area contributed by atoms with Crippen molar-refractivity contribution >= 4 is 17.8 Å². The van der Waals surface area contributed by atoms with Crippen LogP contribution < -0.4 is 0 Å². The molecule has 3 rings (SSSR count). The number of ether oxygens (including phenoxy) is 1. The molecule has 1 aliphatic rings. The fourth-order valence-corrected chi connectivity index (χ4v) is 4.54. The van der Waals surface area contributed by atoms with Gasteiger partial charge in [-0.2, -0.15) is 0 Å². The highest BCUT2D eigenvalue weighted by Crippen LogP contribution is 2.30. The molecule has 0 spiro atoms. The molecular weight excluding hydrogens is 390 g/mol. The van der Waals surface area contributed by atoms with Crippen LogP contribution in [0.25, 0.3) is 0 Å². The van der Waals surface area contributed by atoms with Crippen molar-refractivity contribution in [2.75, 3.05) is 13.7 Å². The molecule has 1 atom stereocenters. The van der Waals surface area contributed by atoms with Crippen LogP contribution in [0.5, 0.6) is 0 Å². The van der Waals surface area contributed by atoms with Crippen molar-refractivity contribution in [2.45, 2.75) is 53.9 Å². The lowest BCUT2D eigenvalue weighted by Gasteiger charge is -2.22. The van der Waals surface area contributed by atoms with Gasteiger partial charge in [0.25, 0.3) is 11.8 Å². The lowest BCUT2D eigenvalue weighted by atomic mass is 9.84. The second-order valence-electron chi connectivity index (χ2n) is 8.48. The van der Waals surface area contributed by atoms with Crippen molar-refractivity contribution in [1.29, 1.82) is 0 Å². The number of esters is 1. The average molecular weight is 422 g/mol. The van der Waals surface area contributed by atoms with Gasteiger partial charge in [0, 0.05) is 6.54 Å². The summed E-state index contributed by atoms with van der Waals surface area (Å²) >= 11 is 0. The van der Waals surface area contributed by atoms with E-state index in [1.54, 1.807) is 24.3 Å². The van der Waals surface area contributed by atoms with E-state index in [1.807, 2.05) is 0 Å². The van der Waals surface area contributed by atoms with Gasteiger partial charge < -0.3 is 4.74 Å². The second-order valence-corrected chi connectivity index (χ2v) is 8.48. The molecule has 0 aromatic heterocycles. The van der Waals surface area contributed by atoms with Gasteiger partial charge in [0.15, 0.2) is 0 Å². The molecule has 2 aromatic carbocycles. The summed E-state index contributed by atoms with van der Waals surface area (Å²) in [6.45, 7) is 10.9. The third-order valence-corrected chi connectivity index (χ3v) is 6.95. The number of rotatable bonds is 7. The highest BCUT2D eigenvalue weighted by atomic mass is 16.5. The summed E-state index contributed by atoms with van der Waals surface area (Å²) in [7, 11) is 1.41. The number of methoxy groups -OCH3 is 1. The van der Waals surface area contributed by atoms with E-state index in [4.69, 9.17) is 4.74 Å². The minimum atomic E-state index is -0.320. The zero-order valence-electron chi connectivity index (χ0n) is 19.3. The van der Waals surface area contributed by atoms with E-state index in [9.17, 15) is 14.4 Å². The number of hydrogen-bond acceptors (Lipinski definition) is 4. The van der Waals surface area contributed by atoms with Crippen LogP contribution in [-0.4, -0.2) is 36.3 Å². The molecule has 0 saturated carbocycles. The van der Waals surface area contributed by atoms with Gasteiger partial charge in [-0.25, -0.2) is 0 Å². The molecule has 1 unspecified atom stereocenters. The molecule has 164 valence electrons. The predicted octanol–water partition coefficient (Wildman–Crippen LogP) is 4.64. The Labute approximate surface area is 184 Å². The first-order valence-electron chi connectivity index (χ1n) is 10.8. The van der Waals surface area contributed by atoms with Crippen molar-refractivity contribution in [3.8, 4) is 0 Å². The zero-order valence-corrected chi connectivity index (χ0v) is 19.3. The summed E-state index contributed by atoms with van der Waals surface area (Å²) in [4.78, 5) is 39.0. The Morgan fingerprint density at radius 2 is 1.35 bits per heavy atom. The Balaban J connectivity index is 1.74. The lowest BCUT2D eigenvalue weighted by molar-refractivity contribution is -0.145. The third-order valence-electron chi connectivity index (χ3n) is 6.95. The summed E-state index contributed by atoms with van der Waals surface area (Å²) in [6, 6.07) is 6.88. The van der Waals surface area contributed by atoms with Crippen LogP contribution in [0, 0.1) is 40.5 Å². The number of imide groups is 1. The normalized spacial score (nSPS) is 14.1. The largest absolute Gasteiger partial charge is 0.469 e. The van der Waals surface area contributed by atoms with Crippen molar-refractivity contribution in [2.24, 2.45) is 5.92 Å². The van der Waals surface area contributed by atoms with Crippen molar-refractivity contribution < 1.29 is 19.1 Å². The average Bonchev–Trinajstić information content (AvgIpc) is 3.02. The summed E-state index contributed by atoms with van der Waals surface area (Å²) in [5.74, 6) is -1.09. The van der Waals surface area contributed by atoms with Gasteiger partial charge in [0.05, 0.1) is 24.2 Å². The number of hydrogen-bond donors (Lipinski definition) is 0. The minimum Gasteiger partial charge on any atom is -0.469 e. The quantitative estimate of drug-likeness (QED) is 0.483. The standard InChI is InChI=1S/C26H31NO4/c1-15-16(2)18(4)23(19(5)17(15)3)14-20(26(30)31-6)10-9-13-27-24(28)21-11-7-8-12-22(21)25(27)29/h7-8,11-12,20H,9-10,13-14H2,1-6H3. The molecule has 0 fully saturated rings. The van der Waals surface area contributed by atoms with Crippen LogP contribution in [0.3, 0.4) is 0 Å². The molecule has 31 heavy (non-hydrogen) atoms. The molecule has 0 radical (unpaired) electrons. The van der Waals surface area contributed by atoms with Gasteiger partial charge in [0.1, 0.15) is 0 Å². The summed E-state index contributed by atoms with van der Waals surface area (Å²) in [5.41, 5.74) is 8.34. The predicted molar refractivity (Wildman–Crippen MR) is 120 cm³/mol. The summed E-state index contributed by atoms with van der Waals surface area (Å²) < 4.78 is 5.08. The van der Waals surface area contributed by atoms with Crippen LogP contribution in [0.1, 0.15) is 66.9 Å². The van der Waals surface area contributed by atoms with Gasteiger partial charge in [-0.05, 0) is 99.4 Å². The van der Waals surface area contributed by atoms with Crippen molar-refractivity contribution in [3.63, 3.8) is 0 Å². The summed E-state index contributed by atoms with van der Waals surface area (Å²) in [5, 5.41) is 0. The molecule has 2 amide bonds. The molecule has 5 nitrogen and oxygen atoms in total. The molecule has 0 N–H and O–H groups in total. The van der Waals surface area contributed by atoms with Crippen LogP contribution in [0.2, 0.25) is 0 Å². The maximum absolute atomic E-state index is 12.6. The number of benzene rings is 2. The Bertz CT molecular complexity index is 990. The first-order chi connectivity index (χ1) is 14.7. The Morgan fingerprint density at radius 1 is 0.871 bits per heavy atom. The Kier molecular flexibility index (Phi) is 6.63. The molecular formula is C26H31NO4. The van der Waals surface area contributed by atoms with Crippen molar-refractivity contribution in [1.82, 2.24) is 4.90 Å². The van der Waals surface area contributed by atoms with Crippen molar-refractivity contribution in [3.05, 3.63) is 68.8 Å². The highest BCUT2D eigenvalue weighted by molar-refractivity contribution is 6.21. The second kappa shape index (κ2) is 9.04. The fourth-order valence-electron chi connectivity index (χ4n) is 4.54. The lowest BCUT2D eigenvalue weighted by Crippen LogP contribution is -2.31. The molecule has 0 bridgehead atoms. The first-order valence-corrected chi connectivity index (χ1v) is 10.8. The van der Waals surface area contributed by atoms with E-state index in [2.05, 4.69) is 34.6 Å². The van der Waals surface area contributed by atoms with Crippen LogP contribution >= 0.6 is 0 Å². The van der Waals surface area contributed by atoms with Crippen LogP contribution in [0.4, 0.5) is 0 Å².